The van der Waals surface area contributed by atoms with Crippen LogP contribution in [0.3, 0.4) is 0 Å². The highest BCUT2D eigenvalue weighted by Crippen LogP contribution is 2.29. The van der Waals surface area contributed by atoms with Crippen molar-refractivity contribution in [1.82, 2.24) is 20.1 Å². The van der Waals surface area contributed by atoms with Crippen LogP contribution >= 0.6 is 11.3 Å². The summed E-state index contributed by atoms with van der Waals surface area (Å²) in [4.78, 5) is 28.9. The molecule has 2 aromatic heterocycles. The van der Waals surface area contributed by atoms with Gasteiger partial charge in [0.15, 0.2) is 5.52 Å². The van der Waals surface area contributed by atoms with Crippen LogP contribution in [0.5, 0.6) is 0 Å². The molecule has 1 amide bonds. The van der Waals surface area contributed by atoms with Crippen LogP contribution in [-0.2, 0) is 16.1 Å². The number of nitrogens with one attached hydrogen (secondary N) is 1. The van der Waals surface area contributed by atoms with E-state index in [2.05, 4.69) is 15.4 Å². The summed E-state index contributed by atoms with van der Waals surface area (Å²) >= 11 is 1.34. The van der Waals surface area contributed by atoms with E-state index in [-0.39, 0.29) is 23.8 Å². The minimum absolute atomic E-state index is 0.233. The SMILES string of the molecule is COCCNC(=O)Cn1nc(-c2ccc(F)cc2)c2sc(C)nc2c1=O. The monoisotopic (exact) mass is 376 g/mol. The van der Waals surface area contributed by atoms with Crippen LogP contribution in [0, 0.1) is 12.7 Å². The smallest absolute Gasteiger partial charge is 0.294 e. The lowest BCUT2D eigenvalue weighted by Gasteiger charge is -2.09. The van der Waals surface area contributed by atoms with Gasteiger partial charge in [-0.1, -0.05) is 0 Å². The number of carbonyl (C=O) groups is 1. The number of carbonyl (C=O) groups excluding carboxylic acids is 1. The molecule has 0 bridgehead atoms. The third kappa shape index (κ3) is 3.78. The fourth-order valence-electron chi connectivity index (χ4n) is 2.45. The Kier molecular flexibility index (Phi) is 5.38. The van der Waals surface area contributed by atoms with Gasteiger partial charge in [0, 0.05) is 19.2 Å². The average molecular weight is 376 g/mol. The first-order valence-electron chi connectivity index (χ1n) is 7.89. The Balaban J connectivity index is 2.04. The summed E-state index contributed by atoms with van der Waals surface area (Å²) in [5.74, 6) is -0.718. The molecule has 1 aromatic carbocycles. The molecule has 0 atom stereocenters. The summed E-state index contributed by atoms with van der Waals surface area (Å²) in [6, 6.07) is 5.81. The van der Waals surface area contributed by atoms with Crippen molar-refractivity contribution in [2.24, 2.45) is 0 Å². The van der Waals surface area contributed by atoms with Crippen molar-refractivity contribution >= 4 is 27.5 Å². The first kappa shape index (κ1) is 18.2. The van der Waals surface area contributed by atoms with E-state index in [1.807, 2.05) is 0 Å². The van der Waals surface area contributed by atoms with Crippen molar-refractivity contribution in [2.45, 2.75) is 13.5 Å². The van der Waals surface area contributed by atoms with Crippen molar-refractivity contribution in [1.29, 1.82) is 0 Å². The molecule has 2 heterocycles. The second-order valence-electron chi connectivity index (χ2n) is 5.57. The van der Waals surface area contributed by atoms with E-state index in [0.29, 0.717) is 34.1 Å². The van der Waals surface area contributed by atoms with Crippen LogP contribution in [0.1, 0.15) is 5.01 Å². The number of hydrogen-bond acceptors (Lipinski definition) is 6. The molecule has 0 radical (unpaired) electrons. The van der Waals surface area contributed by atoms with Gasteiger partial charge >= 0.3 is 0 Å². The number of nitrogens with zero attached hydrogens (tertiary/aromatic N) is 3. The van der Waals surface area contributed by atoms with Gasteiger partial charge in [0.05, 0.1) is 16.3 Å². The van der Waals surface area contributed by atoms with Crippen molar-refractivity contribution in [3.63, 3.8) is 0 Å². The number of thiazole rings is 1. The number of aromatic nitrogens is 3. The van der Waals surface area contributed by atoms with Gasteiger partial charge in [0.25, 0.3) is 5.56 Å². The maximum Gasteiger partial charge on any atom is 0.294 e. The summed E-state index contributed by atoms with van der Waals surface area (Å²) in [6.07, 6.45) is 0. The second-order valence-corrected chi connectivity index (χ2v) is 6.77. The van der Waals surface area contributed by atoms with E-state index in [1.165, 1.54) is 30.6 Å². The van der Waals surface area contributed by atoms with E-state index >= 15 is 0 Å². The third-order valence-corrected chi connectivity index (χ3v) is 4.62. The number of benzene rings is 1. The number of amides is 1. The molecular weight excluding hydrogens is 359 g/mol. The van der Waals surface area contributed by atoms with Crippen LogP contribution in [0.4, 0.5) is 4.39 Å². The summed E-state index contributed by atoms with van der Waals surface area (Å²) in [5, 5.41) is 7.70. The van der Waals surface area contributed by atoms with Crippen LogP contribution in [-0.4, -0.2) is 40.9 Å². The first-order valence-corrected chi connectivity index (χ1v) is 8.71. The highest BCUT2D eigenvalue weighted by Gasteiger charge is 2.17. The predicted molar refractivity (Wildman–Crippen MR) is 96.7 cm³/mol. The Labute approximate surface area is 152 Å². The molecule has 3 rings (SSSR count). The Hall–Kier alpha value is -2.65. The molecule has 0 aliphatic rings. The summed E-state index contributed by atoms with van der Waals surface area (Å²) in [7, 11) is 1.53. The maximum absolute atomic E-state index is 13.2. The zero-order chi connectivity index (χ0) is 18.7. The van der Waals surface area contributed by atoms with Crippen molar-refractivity contribution in [2.75, 3.05) is 20.3 Å². The molecule has 0 aliphatic heterocycles. The Morgan fingerprint density at radius 2 is 2.08 bits per heavy atom. The highest BCUT2D eigenvalue weighted by atomic mass is 32.1. The lowest BCUT2D eigenvalue weighted by Crippen LogP contribution is -2.35. The number of rotatable bonds is 6. The molecule has 7 nitrogen and oxygen atoms in total. The number of halogens is 1. The van der Waals surface area contributed by atoms with Crippen LogP contribution in [0.25, 0.3) is 21.5 Å². The van der Waals surface area contributed by atoms with E-state index in [9.17, 15) is 14.0 Å². The van der Waals surface area contributed by atoms with Crippen LogP contribution < -0.4 is 10.9 Å². The quantitative estimate of drug-likeness (QED) is 0.662. The Bertz CT molecular complexity index is 998. The third-order valence-electron chi connectivity index (χ3n) is 3.65. The van der Waals surface area contributed by atoms with E-state index in [0.717, 1.165) is 4.68 Å². The van der Waals surface area contributed by atoms with E-state index in [1.54, 1.807) is 19.1 Å². The van der Waals surface area contributed by atoms with Gasteiger partial charge in [0.2, 0.25) is 5.91 Å². The Morgan fingerprint density at radius 3 is 2.77 bits per heavy atom. The van der Waals surface area contributed by atoms with E-state index in [4.69, 9.17) is 4.74 Å². The summed E-state index contributed by atoms with van der Waals surface area (Å²) < 4.78 is 19.8. The molecule has 0 aliphatic carbocycles. The van der Waals surface area contributed by atoms with Gasteiger partial charge in [-0.2, -0.15) is 5.10 Å². The van der Waals surface area contributed by atoms with Gasteiger partial charge in [0.1, 0.15) is 18.1 Å². The molecule has 3 aromatic rings. The van der Waals surface area contributed by atoms with Gasteiger partial charge in [-0.25, -0.2) is 14.1 Å². The van der Waals surface area contributed by atoms with Crippen molar-refractivity contribution < 1.29 is 13.9 Å². The van der Waals surface area contributed by atoms with Crippen molar-refractivity contribution in [3.8, 4) is 11.3 Å². The van der Waals surface area contributed by atoms with Gasteiger partial charge in [-0.15, -0.1) is 11.3 Å². The normalized spacial score (nSPS) is 11.0. The minimum atomic E-state index is -0.433. The number of ether oxygens (including phenoxy) is 1. The number of hydrogen-bond donors (Lipinski definition) is 1. The van der Waals surface area contributed by atoms with Gasteiger partial charge in [-0.3, -0.25) is 9.59 Å². The molecule has 0 unspecified atom stereocenters. The molecule has 9 heteroatoms. The van der Waals surface area contributed by atoms with Crippen LogP contribution in [0.2, 0.25) is 0 Å². The minimum Gasteiger partial charge on any atom is -0.383 e. The number of methoxy groups -OCH3 is 1. The van der Waals surface area contributed by atoms with Crippen molar-refractivity contribution in [3.05, 3.63) is 45.4 Å². The molecule has 0 spiro atoms. The first-order chi connectivity index (χ1) is 12.5. The second kappa shape index (κ2) is 7.71. The summed E-state index contributed by atoms with van der Waals surface area (Å²) in [6.45, 7) is 2.27. The fourth-order valence-corrected chi connectivity index (χ4v) is 3.37. The standard InChI is InChI=1S/C17H17FN4O3S/c1-10-20-15-16(26-10)14(11-3-5-12(18)6-4-11)21-22(17(15)24)9-13(23)19-7-8-25-2/h3-6H,7-9H2,1-2H3,(H,19,23). The lowest BCUT2D eigenvalue weighted by molar-refractivity contribution is -0.122. The lowest BCUT2D eigenvalue weighted by atomic mass is 10.1. The number of fused-ring (bicyclic) bond motifs is 1. The molecule has 136 valence electrons. The fraction of sp³-hybridized carbons (Fsp3) is 0.294. The molecule has 0 saturated carbocycles. The average Bonchev–Trinajstić information content (AvgIpc) is 3.00. The van der Waals surface area contributed by atoms with Gasteiger partial charge in [-0.05, 0) is 31.2 Å². The largest absolute Gasteiger partial charge is 0.383 e. The zero-order valence-corrected chi connectivity index (χ0v) is 15.1. The summed E-state index contributed by atoms with van der Waals surface area (Å²) in [5.41, 5.74) is 0.965. The highest BCUT2D eigenvalue weighted by molar-refractivity contribution is 7.19. The van der Waals surface area contributed by atoms with Gasteiger partial charge < -0.3 is 10.1 Å². The zero-order valence-electron chi connectivity index (χ0n) is 14.3. The molecule has 0 fully saturated rings. The van der Waals surface area contributed by atoms with E-state index < -0.39 is 5.56 Å². The Morgan fingerprint density at radius 1 is 1.35 bits per heavy atom. The molecule has 26 heavy (non-hydrogen) atoms. The molecule has 0 saturated heterocycles. The molecular formula is C17H17FN4O3S. The topological polar surface area (TPSA) is 86.1 Å². The molecule has 1 N–H and O–H groups in total. The van der Waals surface area contributed by atoms with Crippen LogP contribution in [0.15, 0.2) is 29.1 Å². The predicted octanol–water partition coefficient (Wildman–Crippen LogP) is 1.73. The number of aryl methyl sites for hydroxylation is 1. The maximum atomic E-state index is 13.2.